The summed E-state index contributed by atoms with van der Waals surface area (Å²) in [6.45, 7) is 2.77. The Labute approximate surface area is 176 Å². The van der Waals surface area contributed by atoms with Gasteiger partial charge in [-0.3, -0.25) is 0 Å². The molecule has 5 atom stereocenters. The highest BCUT2D eigenvalue weighted by molar-refractivity contribution is 5.41. The Balaban J connectivity index is 1.88. The van der Waals surface area contributed by atoms with Gasteiger partial charge in [0.25, 0.3) is 0 Å². The van der Waals surface area contributed by atoms with Crippen molar-refractivity contribution in [3.63, 3.8) is 0 Å². The average Bonchev–Trinajstić information content (AvgIpc) is 2.77. The lowest BCUT2D eigenvalue weighted by atomic mass is 9.89. The van der Waals surface area contributed by atoms with E-state index in [0.29, 0.717) is 17.7 Å². The summed E-state index contributed by atoms with van der Waals surface area (Å²) in [5, 5.41) is 49.8. The molecule has 5 N–H and O–H groups in total. The second-order valence-corrected chi connectivity index (χ2v) is 7.95. The Hall–Kier alpha value is -2.00. The third-order valence-corrected chi connectivity index (χ3v) is 5.66. The number of benzene rings is 2. The number of aliphatic hydroxyl groups excluding tert-OH is 5. The number of rotatable bonds is 7. The van der Waals surface area contributed by atoms with E-state index in [1.807, 2.05) is 18.2 Å². The molecular weight excluding hydrogens is 388 g/mol. The summed E-state index contributed by atoms with van der Waals surface area (Å²) in [6, 6.07) is 13.5. The second kappa shape index (κ2) is 9.43. The van der Waals surface area contributed by atoms with E-state index in [1.54, 1.807) is 12.1 Å². The summed E-state index contributed by atoms with van der Waals surface area (Å²) in [5.74, 6) is 0.383. The van der Waals surface area contributed by atoms with Gasteiger partial charge in [-0.05, 0) is 41.7 Å². The number of ether oxygens (including phenoxy) is 2. The van der Waals surface area contributed by atoms with Crippen molar-refractivity contribution in [1.82, 2.24) is 0 Å². The van der Waals surface area contributed by atoms with Gasteiger partial charge in [0.05, 0.1) is 13.2 Å². The van der Waals surface area contributed by atoms with Crippen LogP contribution in [0.5, 0.6) is 5.75 Å². The summed E-state index contributed by atoms with van der Waals surface area (Å²) in [4.78, 5) is 0. The first-order valence-electron chi connectivity index (χ1n) is 10.1. The van der Waals surface area contributed by atoms with Crippen LogP contribution in [0.3, 0.4) is 0 Å². The smallest absolute Gasteiger partial charge is 0.229 e. The standard InChI is InChI=1S/C23H30O7/c1-3-14-4-6-15(7-5-14)10-17-9-8-16(12-24)11-18(17)29-22-20(27)19(26)21(28)23(2,13-25)30-22/h4-9,11,19-22,24-28H,3,10,12-13H2,1-2H3/t19-,20-,21+,22-,23-/m1/s1. The van der Waals surface area contributed by atoms with E-state index in [4.69, 9.17) is 9.47 Å². The highest BCUT2D eigenvalue weighted by Gasteiger charge is 2.51. The zero-order valence-electron chi connectivity index (χ0n) is 17.2. The maximum atomic E-state index is 10.4. The number of hydrogen-bond acceptors (Lipinski definition) is 7. The maximum absolute atomic E-state index is 10.4. The zero-order chi connectivity index (χ0) is 21.9. The van der Waals surface area contributed by atoms with Crippen LogP contribution < -0.4 is 4.74 Å². The molecule has 2 aromatic rings. The van der Waals surface area contributed by atoms with Crippen molar-refractivity contribution in [2.24, 2.45) is 0 Å². The van der Waals surface area contributed by atoms with Crippen molar-refractivity contribution in [3.05, 3.63) is 64.7 Å². The average molecular weight is 418 g/mol. The van der Waals surface area contributed by atoms with Gasteiger partial charge >= 0.3 is 0 Å². The Morgan fingerprint density at radius 2 is 1.57 bits per heavy atom. The van der Waals surface area contributed by atoms with Gasteiger partial charge in [-0.15, -0.1) is 0 Å². The first-order chi connectivity index (χ1) is 14.3. The normalized spacial score (nSPS) is 29.0. The first-order valence-corrected chi connectivity index (χ1v) is 10.1. The van der Waals surface area contributed by atoms with Gasteiger partial charge in [0.1, 0.15) is 29.7 Å². The molecule has 0 radical (unpaired) electrons. The van der Waals surface area contributed by atoms with Crippen LogP contribution in [0, 0.1) is 0 Å². The van der Waals surface area contributed by atoms with Crippen LogP contribution in [-0.2, 0) is 24.2 Å². The quantitative estimate of drug-likeness (QED) is 0.453. The molecule has 164 valence electrons. The van der Waals surface area contributed by atoms with Gasteiger partial charge < -0.3 is 35.0 Å². The molecule has 1 fully saturated rings. The molecule has 7 heteroatoms. The van der Waals surface area contributed by atoms with Crippen molar-refractivity contribution in [3.8, 4) is 5.75 Å². The zero-order valence-corrected chi connectivity index (χ0v) is 17.2. The molecule has 0 saturated carbocycles. The van der Waals surface area contributed by atoms with Crippen molar-refractivity contribution in [2.45, 2.75) is 63.5 Å². The van der Waals surface area contributed by atoms with Crippen molar-refractivity contribution in [2.75, 3.05) is 6.61 Å². The van der Waals surface area contributed by atoms with Gasteiger partial charge in [0.15, 0.2) is 0 Å². The predicted molar refractivity (Wildman–Crippen MR) is 110 cm³/mol. The predicted octanol–water partition coefficient (Wildman–Crippen LogP) is 0.901. The number of aliphatic hydroxyl groups is 5. The van der Waals surface area contributed by atoms with Crippen LogP contribution in [0.1, 0.15) is 36.1 Å². The van der Waals surface area contributed by atoms with E-state index < -0.39 is 36.8 Å². The minimum absolute atomic E-state index is 0.189. The number of hydrogen-bond donors (Lipinski definition) is 5. The van der Waals surface area contributed by atoms with Crippen molar-refractivity contribution < 1.29 is 35.0 Å². The molecule has 0 amide bonds. The fourth-order valence-corrected chi connectivity index (χ4v) is 3.53. The van der Waals surface area contributed by atoms with Crippen LogP contribution in [0.4, 0.5) is 0 Å². The van der Waals surface area contributed by atoms with Gasteiger partial charge in [0, 0.05) is 6.42 Å². The molecule has 7 nitrogen and oxygen atoms in total. The van der Waals surface area contributed by atoms with Crippen LogP contribution >= 0.6 is 0 Å². The molecule has 0 unspecified atom stereocenters. The minimum atomic E-state index is -1.55. The Morgan fingerprint density at radius 3 is 2.17 bits per heavy atom. The maximum Gasteiger partial charge on any atom is 0.229 e. The van der Waals surface area contributed by atoms with Crippen LogP contribution in [0.25, 0.3) is 0 Å². The Kier molecular flexibility index (Phi) is 7.13. The molecule has 3 rings (SSSR count). The fraction of sp³-hybridized carbons (Fsp3) is 0.478. The number of aryl methyl sites for hydroxylation is 1. The lowest BCUT2D eigenvalue weighted by molar-refractivity contribution is -0.313. The molecule has 0 aliphatic carbocycles. The van der Waals surface area contributed by atoms with Crippen LogP contribution in [-0.4, -0.2) is 62.3 Å². The first kappa shape index (κ1) is 22.7. The van der Waals surface area contributed by atoms with Gasteiger partial charge in [0.2, 0.25) is 6.29 Å². The monoisotopic (exact) mass is 418 g/mol. The Bertz CT molecular complexity index is 838. The summed E-state index contributed by atoms with van der Waals surface area (Å²) >= 11 is 0. The molecule has 1 heterocycles. The molecule has 0 bridgehead atoms. The largest absolute Gasteiger partial charge is 0.462 e. The second-order valence-electron chi connectivity index (χ2n) is 7.95. The summed E-state index contributed by atoms with van der Waals surface area (Å²) in [7, 11) is 0. The van der Waals surface area contributed by atoms with E-state index in [-0.39, 0.29) is 6.61 Å². The summed E-state index contributed by atoms with van der Waals surface area (Å²) in [5.41, 5.74) is 2.23. The molecule has 0 spiro atoms. The summed E-state index contributed by atoms with van der Waals surface area (Å²) < 4.78 is 11.5. The third-order valence-electron chi connectivity index (χ3n) is 5.66. The van der Waals surface area contributed by atoms with Crippen molar-refractivity contribution in [1.29, 1.82) is 0 Å². The van der Waals surface area contributed by atoms with Crippen LogP contribution in [0.15, 0.2) is 42.5 Å². The molecule has 0 aromatic heterocycles. The van der Waals surface area contributed by atoms with Gasteiger partial charge in [-0.2, -0.15) is 0 Å². The lowest BCUT2D eigenvalue weighted by Crippen LogP contribution is -2.65. The van der Waals surface area contributed by atoms with Crippen LogP contribution in [0.2, 0.25) is 0 Å². The topological polar surface area (TPSA) is 120 Å². The molecular formula is C23H30O7. The van der Waals surface area contributed by atoms with Gasteiger partial charge in [-0.25, -0.2) is 0 Å². The van der Waals surface area contributed by atoms with E-state index in [0.717, 1.165) is 17.5 Å². The highest BCUT2D eigenvalue weighted by Crippen LogP contribution is 2.33. The van der Waals surface area contributed by atoms with E-state index in [2.05, 4.69) is 19.1 Å². The summed E-state index contributed by atoms with van der Waals surface area (Å²) in [6.07, 6.45) is -4.35. The lowest BCUT2D eigenvalue weighted by Gasteiger charge is -2.45. The highest BCUT2D eigenvalue weighted by atomic mass is 16.7. The Morgan fingerprint density at radius 1 is 0.933 bits per heavy atom. The van der Waals surface area contributed by atoms with Gasteiger partial charge in [-0.1, -0.05) is 43.3 Å². The fourth-order valence-electron chi connectivity index (χ4n) is 3.53. The van der Waals surface area contributed by atoms with E-state index in [9.17, 15) is 25.5 Å². The van der Waals surface area contributed by atoms with E-state index >= 15 is 0 Å². The molecule has 1 aliphatic rings. The molecule has 1 aliphatic heterocycles. The molecule has 1 saturated heterocycles. The minimum Gasteiger partial charge on any atom is -0.462 e. The third kappa shape index (κ3) is 4.67. The van der Waals surface area contributed by atoms with E-state index in [1.165, 1.54) is 12.5 Å². The molecule has 30 heavy (non-hydrogen) atoms. The van der Waals surface area contributed by atoms with Crippen molar-refractivity contribution >= 4 is 0 Å². The SMILES string of the molecule is CCc1ccc(Cc2ccc(CO)cc2O[C@@H]2O[C@](C)(CO)[C@@H](O)[C@H](O)[C@H]2O)cc1. The molecule has 2 aromatic carbocycles.